The van der Waals surface area contributed by atoms with Gasteiger partial charge in [0.15, 0.2) is 0 Å². The SMILES string of the molecule is OCc1cccc(NCc2ccc(F)cc2C(F)(F)F)c1. The van der Waals surface area contributed by atoms with Crippen LogP contribution in [0.1, 0.15) is 16.7 Å². The topological polar surface area (TPSA) is 32.3 Å². The molecule has 0 heterocycles. The van der Waals surface area contributed by atoms with Gasteiger partial charge in [-0.1, -0.05) is 18.2 Å². The number of hydrogen-bond donors (Lipinski definition) is 2. The zero-order chi connectivity index (χ0) is 15.5. The van der Waals surface area contributed by atoms with Crippen molar-refractivity contribution in [1.82, 2.24) is 0 Å². The molecule has 0 fully saturated rings. The van der Waals surface area contributed by atoms with E-state index in [0.29, 0.717) is 17.3 Å². The van der Waals surface area contributed by atoms with Crippen LogP contribution in [-0.2, 0) is 19.3 Å². The van der Waals surface area contributed by atoms with E-state index in [-0.39, 0.29) is 18.7 Å². The van der Waals surface area contributed by atoms with Gasteiger partial charge in [0.1, 0.15) is 5.82 Å². The first kappa shape index (κ1) is 15.3. The molecule has 0 spiro atoms. The number of aliphatic hydroxyl groups excluding tert-OH is 1. The van der Waals surface area contributed by atoms with E-state index in [1.54, 1.807) is 24.3 Å². The van der Waals surface area contributed by atoms with Crippen molar-refractivity contribution in [3.63, 3.8) is 0 Å². The summed E-state index contributed by atoms with van der Waals surface area (Å²) in [5.74, 6) is -0.923. The summed E-state index contributed by atoms with van der Waals surface area (Å²) in [6.45, 7) is -0.246. The maximum absolute atomic E-state index is 13.0. The Morgan fingerprint density at radius 3 is 2.48 bits per heavy atom. The molecular weight excluding hydrogens is 286 g/mol. The summed E-state index contributed by atoms with van der Waals surface area (Å²) in [6.07, 6.45) is -4.61. The van der Waals surface area contributed by atoms with Crippen LogP contribution in [0.15, 0.2) is 42.5 Å². The van der Waals surface area contributed by atoms with Gasteiger partial charge >= 0.3 is 6.18 Å². The molecule has 0 saturated heterocycles. The molecule has 2 N–H and O–H groups in total. The number of nitrogens with one attached hydrogen (secondary N) is 1. The lowest BCUT2D eigenvalue weighted by molar-refractivity contribution is -0.138. The van der Waals surface area contributed by atoms with Gasteiger partial charge in [-0.05, 0) is 35.4 Å². The van der Waals surface area contributed by atoms with E-state index >= 15 is 0 Å². The summed E-state index contributed by atoms with van der Waals surface area (Å²) in [7, 11) is 0. The molecule has 112 valence electrons. The smallest absolute Gasteiger partial charge is 0.392 e. The predicted molar refractivity (Wildman–Crippen MR) is 71.1 cm³/mol. The van der Waals surface area contributed by atoms with Crippen molar-refractivity contribution < 1.29 is 22.7 Å². The maximum Gasteiger partial charge on any atom is 0.416 e. The zero-order valence-corrected chi connectivity index (χ0v) is 10.9. The van der Waals surface area contributed by atoms with Crippen LogP contribution < -0.4 is 5.32 Å². The second-order valence-electron chi connectivity index (χ2n) is 4.51. The summed E-state index contributed by atoms with van der Waals surface area (Å²) in [4.78, 5) is 0. The van der Waals surface area contributed by atoms with Gasteiger partial charge < -0.3 is 10.4 Å². The monoisotopic (exact) mass is 299 g/mol. The van der Waals surface area contributed by atoms with Gasteiger partial charge in [0.2, 0.25) is 0 Å². The molecule has 2 aromatic carbocycles. The van der Waals surface area contributed by atoms with E-state index in [9.17, 15) is 17.6 Å². The minimum Gasteiger partial charge on any atom is -0.392 e. The van der Waals surface area contributed by atoms with Crippen molar-refractivity contribution in [2.24, 2.45) is 0 Å². The molecule has 2 aromatic rings. The molecule has 0 radical (unpaired) electrons. The first-order valence-electron chi connectivity index (χ1n) is 6.19. The molecule has 0 aliphatic rings. The van der Waals surface area contributed by atoms with Gasteiger partial charge in [-0.15, -0.1) is 0 Å². The van der Waals surface area contributed by atoms with Crippen molar-refractivity contribution in [3.8, 4) is 0 Å². The average Bonchev–Trinajstić information content (AvgIpc) is 2.45. The molecule has 0 atom stereocenters. The highest BCUT2D eigenvalue weighted by Crippen LogP contribution is 2.32. The third kappa shape index (κ3) is 3.95. The van der Waals surface area contributed by atoms with Crippen molar-refractivity contribution in [2.75, 3.05) is 5.32 Å². The second kappa shape index (κ2) is 6.13. The fraction of sp³-hybridized carbons (Fsp3) is 0.200. The highest BCUT2D eigenvalue weighted by molar-refractivity contribution is 5.46. The number of rotatable bonds is 4. The third-order valence-corrected chi connectivity index (χ3v) is 2.97. The van der Waals surface area contributed by atoms with Crippen LogP contribution in [0.25, 0.3) is 0 Å². The van der Waals surface area contributed by atoms with Crippen molar-refractivity contribution in [2.45, 2.75) is 19.3 Å². The van der Waals surface area contributed by atoms with Gasteiger partial charge in [-0.25, -0.2) is 4.39 Å². The number of halogens is 4. The normalized spacial score (nSPS) is 11.5. The molecule has 0 aromatic heterocycles. The highest BCUT2D eigenvalue weighted by Gasteiger charge is 2.33. The molecule has 2 nitrogen and oxygen atoms in total. The molecule has 6 heteroatoms. The summed E-state index contributed by atoms with van der Waals surface area (Å²) < 4.78 is 51.5. The predicted octanol–water partition coefficient (Wildman–Crippen LogP) is 3.95. The van der Waals surface area contributed by atoms with E-state index in [1.807, 2.05) is 0 Å². The van der Waals surface area contributed by atoms with E-state index in [2.05, 4.69) is 5.32 Å². The molecule has 2 rings (SSSR count). The number of aliphatic hydroxyl groups is 1. The second-order valence-corrected chi connectivity index (χ2v) is 4.51. The maximum atomic E-state index is 13.0. The third-order valence-electron chi connectivity index (χ3n) is 2.97. The number of alkyl halides is 3. The Hall–Kier alpha value is -2.08. The lowest BCUT2D eigenvalue weighted by atomic mass is 10.1. The zero-order valence-electron chi connectivity index (χ0n) is 10.9. The summed E-state index contributed by atoms with van der Waals surface area (Å²) >= 11 is 0. The van der Waals surface area contributed by atoms with Crippen LogP contribution in [0.4, 0.5) is 23.2 Å². The number of anilines is 1. The largest absolute Gasteiger partial charge is 0.416 e. The Morgan fingerprint density at radius 2 is 1.81 bits per heavy atom. The lowest BCUT2D eigenvalue weighted by Gasteiger charge is -2.14. The molecule has 0 bridgehead atoms. The van der Waals surface area contributed by atoms with Crippen molar-refractivity contribution in [3.05, 3.63) is 65.0 Å². The number of hydrogen-bond acceptors (Lipinski definition) is 2. The quantitative estimate of drug-likeness (QED) is 0.838. The summed E-state index contributed by atoms with van der Waals surface area (Å²) in [5, 5.41) is 11.8. The fourth-order valence-electron chi connectivity index (χ4n) is 1.94. The molecule has 0 saturated carbocycles. The van der Waals surface area contributed by atoms with Crippen molar-refractivity contribution in [1.29, 1.82) is 0 Å². The standard InChI is InChI=1S/C15H13F4NO/c16-12-5-4-11(14(7-12)15(17,18)19)8-20-13-3-1-2-10(6-13)9-21/h1-7,20-21H,8-9H2. The van der Waals surface area contributed by atoms with Crippen molar-refractivity contribution >= 4 is 5.69 Å². The first-order chi connectivity index (χ1) is 9.90. The molecule has 0 aliphatic heterocycles. The van der Waals surface area contributed by atoms with Gasteiger partial charge in [0.05, 0.1) is 12.2 Å². The van der Waals surface area contributed by atoms with Gasteiger partial charge in [0.25, 0.3) is 0 Å². The first-order valence-corrected chi connectivity index (χ1v) is 6.19. The van der Waals surface area contributed by atoms with Crippen LogP contribution in [0, 0.1) is 5.82 Å². The lowest BCUT2D eigenvalue weighted by Crippen LogP contribution is -2.12. The minimum atomic E-state index is -4.61. The molecular formula is C15H13F4NO. The average molecular weight is 299 g/mol. The van der Waals surface area contributed by atoms with E-state index < -0.39 is 17.6 Å². The van der Waals surface area contributed by atoms with E-state index in [0.717, 1.165) is 12.1 Å². The molecule has 0 amide bonds. The molecule has 0 unspecified atom stereocenters. The Labute approximate surface area is 119 Å². The Balaban J connectivity index is 2.20. The summed E-state index contributed by atoms with van der Waals surface area (Å²) in [6, 6.07) is 9.29. The van der Waals surface area contributed by atoms with Gasteiger partial charge in [0, 0.05) is 12.2 Å². The Kier molecular flexibility index (Phi) is 4.47. The van der Waals surface area contributed by atoms with Crippen LogP contribution in [0.5, 0.6) is 0 Å². The van der Waals surface area contributed by atoms with Gasteiger partial charge in [-0.2, -0.15) is 13.2 Å². The van der Waals surface area contributed by atoms with Crippen LogP contribution in [0.3, 0.4) is 0 Å². The molecule has 21 heavy (non-hydrogen) atoms. The minimum absolute atomic E-state index is 0.0432. The Bertz CT molecular complexity index is 625. The molecule has 0 aliphatic carbocycles. The summed E-state index contributed by atoms with van der Waals surface area (Å²) in [5.41, 5.74) is 0.195. The van der Waals surface area contributed by atoms with E-state index in [4.69, 9.17) is 5.11 Å². The van der Waals surface area contributed by atoms with Crippen LogP contribution in [0.2, 0.25) is 0 Å². The van der Waals surface area contributed by atoms with Crippen LogP contribution in [-0.4, -0.2) is 5.11 Å². The van der Waals surface area contributed by atoms with Crippen LogP contribution >= 0.6 is 0 Å². The number of benzene rings is 2. The Morgan fingerprint density at radius 1 is 1.05 bits per heavy atom. The fourth-order valence-corrected chi connectivity index (χ4v) is 1.94. The van der Waals surface area contributed by atoms with E-state index in [1.165, 1.54) is 0 Å². The highest BCUT2D eigenvalue weighted by atomic mass is 19.4. The van der Waals surface area contributed by atoms with Gasteiger partial charge in [-0.3, -0.25) is 0 Å².